The molecule has 0 aliphatic rings. The van der Waals surface area contributed by atoms with Crippen molar-refractivity contribution < 1.29 is 14.3 Å². The third-order valence-corrected chi connectivity index (χ3v) is 4.28. The van der Waals surface area contributed by atoms with E-state index in [2.05, 4.69) is 15.3 Å². The van der Waals surface area contributed by atoms with Gasteiger partial charge in [-0.1, -0.05) is 30.3 Å². The van der Waals surface area contributed by atoms with Crippen LogP contribution >= 0.6 is 0 Å². The Morgan fingerprint density at radius 2 is 1.96 bits per heavy atom. The summed E-state index contributed by atoms with van der Waals surface area (Å²) in [6, 6.07) is 9.69. The van der Waals surface area contributed by atoms with E-state index in [1.54, 1.807) is 4.90 Å². The van der Waals surface area contributed by atoms with Gasteiger partial charge in [-0.2, -0.15) is 0 Å². The van der Waals surface area contributed by atoms with Crippen molar-refractivity contribution >= 4 is 11.8 Å². The number of amides is 2. The van der Waals surface area contributed by atoms with Gasteiger partial charge in [-0.05, 0) is 25.8 Å². The molecule has 0 saturated heterocycles. The van der Waals surface area contributed by atoms with Crippen molar-refractivity contribution in [1.29, 1.82) is 0 Å². The van der Waals surface area contributed by atoms with E-state index in [0.29, 0.717) is 32.7 Å². The van der Waals surface area contributed by atoms with E-state index < -0.39 is 0 Å². The summed E-state index contributed by atoms with van der Waals surface area (Å²) in [5.74, 6) is -0.327. The van der Waals surface area contributed by atoms with Crippen molar-refractivity contribution in [3.05, 3.63) is 60.2 Å². The van der Waals surface area contributed by atoms with Crippen LogP contribution in [0.15, 0.2) is 48.9 Å². The van der Waals surface area contributed by atoms with Crippen molar-refractivity contribution in [2.75, 3.05) is 26.3 Å². The molecule has 2 aromatic rings. The van der Waals surface area contributed by atoms with E-state index in [9.17, 15) is 9.59 Å². The second-order valence-corrected chi connectivity index (χ2v) is 6.38. The Kier molecular flexibility index (Phi) is 9.07. The van der Waals surface area contributed by atoms with Crippen LogP contribution in [-0.2, 0) is 9.53 Å². The van der Waals surface area contributed by atoms with Gasteiger partial charge in [0.2, 0.25) is 5.91 Å². The molecule has 1 unspecified atom stereocenters. The molecule has 1 heterocycles. The van der Waals surface area contributed by atoms with E-state index in [1.807, 2.05) is 44.2 Å². The molecule has 1 atom stereocenters. The molecule has 0 aliphatic heterocycles. The summed E-state index contributed by atoms with van der Waals surface area (Å²) < 4.78 is 5.35. The number of nitrogens with one attached hydrogen (secondary N) is 1. The Morgan fingerprint density at radius 1 is 1.18 bits per heavy atom. The molecule has 1 N–H and O–H groups in total. The monoisotopic (exact) mass is 384 g/mol. The van der Waals surface area contributed by atoms with Crippen LogP contribution in [0.5, 0.6) is 0 Å². The van der Waals surface area contributed by atoms with Crippen LogP contribution in [0, 0.1) is 0 Å². The Labute approximate surface area is 166 Å². The average molecular weight is 384 g/mol. The highest BCUT2D eigenvalue weighted by molar-refractivity contribution is 5.92. The Balaban J connectivity index is 1.91. The maximum atomic E-state index is 12.7. The topological polar surface area (TPSA) is 84.4 Å². The SMILES string of the molecule is CCOCCCN(CCC(=O)NC(C)c1ccccc1)C(=O)c1cnccn1. The average Bonchev–Trinajstić information content (AvgIpc) is 2.74. The summed E-state index contributed by atoms with van der Waals surface area (Å²) in [6.45, 7) is 5.89. The summed E-state index contributed by atoms with van der Waals surface area (Å²) >= 11 is 0. The molecule has 0 radical (unpaired) electrons. The minimum absolute atomic E-state index is 0.0872. The molecule has 2 amide bonds. The van der Waals surface area contributed by atoms with Crippen LogP contribution < -0.4 is 5.32 Å². The van der Waals surface area contributed by atoms with Gasteiger partial charge in [0.25, 0.3) is 5.91 Å². The number of nitrogens with zero attached hydrogens (tertiary/aromatic N) is 3. The quantitative estimate of drug-likeness (QED) is 0.602. The van der Waals surface area contributed by atoms with E-state index in [-0.39, 0.29) is 30.0 Å². The molecule has 150 valence electrons. The van der Waals surface area contributed by atoms with E-state index in [4.69, 9.17) is 4.74 Å². The number of carbonyl (C=O) groups excluding carboxylic acids is 2. The van der Waals surface area contributed by atoms with Crippen molar-refractivity contribution in [3.63, 3.8) is 0 Å². The van der Waals surface area contributed by atoms with Gasteiger partial charge >= 0.3 is 0 Å². The highest BCUT2D eigenvalue weighted by Gasteiger charge is 2.18. The first-order valence-electron chi connectivity index (χ1n) is 9.59. The van der Waals surface area contributed by atoms with Crippen molar-refractivity contribution in [1.82, 2.24) is 20.2 Å². The minimum atomic E-state index is -0.228. The Bertz CT molecular complexity index is 725. The molecule has 0 fully saturated rings. The molecule has 7 nitrogen and oxygen atoms in total. The predicted molar refractivity (Wildman–Crippen MR) is 107 cm³/mol. The first kappa shape index (κ1) is 21.5. The zero-order chi connectivity index (χ0) is 20.2. The normalized spacial score (nSPS) is 11.6. The van der Waals surface area contributed by atoms with Crippen LogP contribution in [0.4, 0.5) is 0 Å². The number of hydrogen-bond donors (Lipinski definition) is 1. The predicted octanol–water partition coefficient (Wildman–Crippen LogP) is 2.61. The molecule has 0 aliphatic carbocycles. The summed E-state index contributed by atoms with van der Waals surface area (Å²) in [5, 5.41) is 2.98. The molecule has 0 spiro atoms. The molecule has 1 aromatic carbocycles. The number of rotatable bonds is 11. The Hall–Kier alpha value is -2.80. The fourth-order valence-corrected chi connectivity index (χ4v) is 2.76. The van der Waals surface area contributed by atoms with Gasteiger partial charge in [0.15, 0.2) is 0 Å². The second-order valence-electron chi connectivity index (χ2n) is 6.38. The number of ether oxygens (including phenoxy) is 1. The van der Waals surface area contributed by atoms with Crippen molar-refractivity contribution in [3.8, 4) is 0 Å². The fourth-order valence-electron chi connectivity index (χ4n) is 2.76. The summed E-state index contributed by atoms with van der Waals surface area (Å²) in [6.07, 6.45) is 5.36. The summed E-state index contributed by atoms with van der Waals surface area (Å²) in [4.78, 5) is 34.7. The maximum Gasteiger partial charge on any atom is 0.274 e. The standard InChI is InChI=1S/C21H28N4O3/c1-3-28-15-7-13-25(21(27)19-16-22-11-12-23-19)14-10-20(26)24-17(2)18-8-5-4-6-9-18/h4-6,8-9,11-12,16-17H,3,7,10,13-15H2,1-2H3,(H,24,26). The lowest BCUT2D eigenvalue weighted by atomic mass is 10.1. The maximum absolute atomic E-state index is 12.7. The Morgan fingerprint density at radius 3 is 2.64 bits per heavy atom. The molecule has 7 heteroatoms. The molecular formula is C21H28N4O3. The van der Waals surface area contributed by atoms with E-state index >= 15 is 0 Å². The van der Waals surface area contributed by atoms with Gasteiger partial charge < -0.3 is 15.0 Å². The van der Waals surface area contributed by atoms with Crippen molar-refractivity contribution in [2.24, 2.45) is 0 Å². The molecule has 28 heavy (non-hydrogen) atoms. The zero-order valence-corrected chi connectivity index (χ0v) is 16.5. The van der Waals surface area contributed by atoms with Gasteiger partial charge in [0, 0.05) is 45.1 Å². The molecule has 1 aromatic heterocycles. The van der Waals surface area contributed by atoms with E-state index in [1.165, 1.54) is 18.6 Å². The van der Waals surface area contributed by atoms with Gasteiger partial charge in [-0.25, -0.2) is 4.98 Å². The molecule has 0 bridgehead atoms. The molecule has 2 rings (SSSR count). The third kappa shape index (κ3) is 7.08. The first-order chi connectivity index (χ1) is 13.6. The lowest BCUT2D eigenvalue weighted by Gasteiger charge is -2.22. The van der Waals surface area contributed by atoms with Gasteiger partial charge in [-0.15, -0.1) is 0 Å². The van der Waals surface area contributed by atoms with Crippen molar-refractivity contribution in [2.45, 2.75) is 32.7 Å². The smallest absolute Gasteiger partial charge is 0.274 e. The fraction of sp³-hybridized carbons (Fsp3) is 0.429. The molecule has 0 saturated carbocycles. The number of carbonyl (C=O) groups is 2. The number of hydrogen-bond acceptors (Lipinski definition) is 5. The minimum Gasteiger partial charge on any atom is -0.382 e. The largest absolute Gasteiger partial charge is 0.382 e. The van der Waals surface area contributed by atoms with Crippen LogP contribution in [0.25, 0.3) is 0 Å². The second kappa shape index (κ2) is 11.8. The third-order valence-electron chi connectivity index (χ3n) is 4.28. The van der Waals surface area contributed by atoms with Crippen LogP contribution in [0.1, 0.15) is 48.8 Å². The highest BCUT2D eigenvalue weighted by atomic mass is 16.5. The van der Waals surface area contributed by atoms with Crippen LogP contribution in [-0.4, -0.2) is 53.0 Å². The van der Waals surface area contributed by atoms with Gasteiger partial charge in [-0.3, -0.25) is 14.6 Å². The first-order valence-corrected chi connectivity index (χ1v) is 9.59. The zero-order valence-electron chi connectivity index (χ0n) is 16.5. The summed E-state index contributed by atoms with van der Waals surface area (Å²) in [7, 11) is 0. The molecular weight excluding hydrogens is 356 g/mol. The van der Waals surface area contributed by atoms with Gasteiger partial charge in [0.1, 0.15) is 5.69 Å². The highest BCUT2D eigenvalue weighted by Crippen LogP contribution is 2.11. The summed E-state index contributed by atoms with van der Waals surface area (Å²) in [5.41, 5.74) is 1.32. The van der Waals surface area contributed by atoms with Crippen LogP contribution in [0.2, 0.25) is 0 Å². The lowest BCUT2D eigenvalue weighted by molar-refractivity contribution is -0.121. The van der Waals surface area contributed by atoms with E-state index in [0.717, 1.165) is 5.56 Å². The van der Waals surface area contributed by atoms with Crippen LogP contribution in [0.3, 0.4) is 0 Å². The number of benzene rings is 1. The lowest BCUT2D eigenvalue weighted by Crippen LogP contribution is -2.37. The van der Waals surface area contributed by atoms with Gasteiger partial charge in [0.05, 0.1) is 12.2 Å². The number of aromatic nitrogens is 2.